The number of benzene rings is 2. The predicted octanol–water partition coefficient (Wildman–Crippen LogP) is 2.92. The lowest BCUT2D eigenvalue weighted by molar-refractivity contribution is 0.414. The molecule has 0 aliphatic rings. The van der Waals surface area contributed by atoms with Crippen molar-refractivity contribution in [2.24, 2.45) is 0 Å². The van der Waals surface area contributed by atoms with Crippen LogP contribution in [0, 0.1) is 0 Å². The van der Waals surface area contributed by atoms with E-state index in [9.17, 15) is 8.42 Å². The fourth-order valence-corrected chi connectivity index (χ4v) is 2.08. The minimum Gasteiger partial charge on any atom is -0.497 e. The van der Waals surface area contributed by atoms with Crippen molar-refractivity contribution in [1.29, 1.82) is 0 Å². The number of rotatable bonds is 6. The molecular formula is C18H25NO4S. The second-order valence-corrected chi connectivity index (χ2v) is 7.02. The fraction of sp³-hybridized carbons (Fsp3) is 0.333. The van der Waals surface area contributed by atoms with Crippen molar-refractivity contribution in [1.82, 2.24) is 5.32 Å². The zero-order chi connectivity index (χ0) is 18.0. The van der Waals surface area contributed by atoms with Gasteiger partial charge in [0.2, 0.25) is 0 Å². The summed E-state index contributed by atoms with van der Waals surface area (Å²) in [6.07, 6.45) is 1.74. The molecule has 1 atom stereocenters. The van der Waals surface area contributed by atoms with Crippen molar-refractivity contribution >= 4 is 10.1 Å². The van der Waals surface area contributed by atoms with Crippen LogP contribution in [0.1, 0.15) is 18.1 Å². The van der Waals surface area contributed by atoms with Crippen LogP contribution in [-0.2, 0) is 23.1 Å². The molecule has 0 unspecified atom stereocenters. The van der Waals surface area contributed by atoms with E-state index >= 15 is 0 Å². The zero-order valence-corrected chi connectivity index (χ0v) is 15.1. The molecule has 5 nitrogen and oxygen atoms in total. The van der Waals surface area contributed by atoms with Crippen LogP contribution in [0.4, 0.5) is 0 Å². The summed E-state index contributed by atoms with van der Waals surface area (Å²) in [5, 5.41) is 3.54. The monoisotopic (exact) mass is 351 g/mol. The Balaban J connectivity index is 0.000000505. The third kappa shape index (κ3) is 9.99. The molecule has 2 N–H and O–H groups in total. The van der Waals surface area contributed by atoms with E-state index < -0.39 is 10.1 Å². The first-order chi connectivity index (χ1) is 11.3. The number of nitrogens with one attached hydrogen (secondary N) is 1. The van der Waals surface area contributed by atoms with Crippen molar-refractivity contribution in [3.63, 3.8) is 0 Å². The molecule has 0 amide bonds. The largest absolute Gasteiger partial charge is 0.497 e. The van der Waals surface area contributed by atoms with Gasteiger partial charge in [0.15, 0.2) is 0 Å². The van der Waals surface area contributed by atoms with Crippen LogP contribution in [0.2, 0.25) is 0 Å². The molecule has 0 aliphatic heterocycles. The van der Waals surface area contributed by atoms with Gasteiger partial charge in [0, 0.05) is 12.6 Å². The minimum absolute atomic E-state index is 0.452. The zero-order valence-electron chi connectivity index (χ0n) is 14.3. The maximum atomic E-state index is 9.19. The normalized spacial score (nSPS) is 12.0. The average Bonchev–Trinajstić information content (AvgIpc) is 2.53. The maximum absolute atomic E-state index is 9.19. The average molecular weight is 351 g/mol. The standard InChI is InChI=1S/C17H21NO.CH4O3S/c1-14(18-13-16-6-4-3-5-7-16)12-15-8-10-17(19-2)11-9-15;1-5(2,3)4/h3-11,14,18H,12-13H2,1-2H3;1H3,(H,2,3,4)/t14-;/m0./s1. The van der Waals surface area contributed by atoms with Gasteiger partial charge in [0.05, 0.1) is 13.4 Å². The maximum Gasteiger partial charge on any atom is 0.261 e. The third-order valence-electron chi connectivity index (χ3n) is 3.20. The van der Waals surface area contributed by atoms with Crippen LogP contribution in [0.25, 0.3) is 0 Å². The van der Waals surface area contributed by atoms with E-state index in [4.69, 9.17) is 9.29 Å². The molecule has 132 valence electrons. The summed E-state index contributed by atoms with van der Waals surface area (Å²) < 4.78 is 31.0. The number of ether oxygens (including phenoxy) is 1. The number of hydrogen-bond acceptors (Lipinski definition) is 4. The lowest BCUT2D eigenvalue weighted by atomic mass is 10.1. The Labute approximate surface area is 144 Å². The van der Waals surface area contributed by atoms with Gasteiger partial charge < -0.3 is 10.1 Å². The van der Waals surface area contributed by atoms with Gasteiger partial charge in [-0.25, -0.2) is 0 Å². The second-order valence-electron chi connectivity index (χ2n) is 5.55. The summed E-state index contributed by atoms with van der Waals surface area (Å²) in [6, 6.07) is 19.2. The van der Waals surface area contributed by atoms with E-state index in [2.05, 4.69) is 48.6 Å². The summed E-state index contributed by atoms with van der Waals surface area (Å²) in [7, 11) is -1.97. The van der Waals surface area contributed by atoms with Crippen LogP contribution in [0.5, 0.6) is 5.75 Å². The fourth-order valence-electron chi connectivity index (χ4n) is 2.08. The highest BCUT2D eigenvalue weighted by atomic mass is 32.2. The summed E-state index contributed by atoms with van der Waals surface area (Å²) >= 11 is 0. The molecule has 0 bridgehead atoms. The van der Waals surface area contributed by atoms with Crippen LogP contribution in [0.15, 0.2) is 54.6 Å². The molecule has 2 aromatic carbocycles. The first-order valence-corrected chi connectivity index (χ1v) is 9.45. The van der Waals surface area contributed by atoms with Crippen LogP contribution in [-0.4, -0.2) is 32.4 Å². The van der Waals surface area contributed by atoms with Crippen LogP contribution < -0.4 is 10.1 Å². The van der Waals surface area contributed by atoms with Crippen LogP contribution >= 0.6 is 0 Å². The van der Waals surface area contributed by atoms with Gasteiger partial charge in [-0.3, -0.25) is 4.55 Å². The lowest BCUT2D eigenvalue weighted by Gasteiger charge is -2.14. The Morgan fingerprint density at radius 3 is 2.08 bits per heavy atom. The van der Waals surface area contributed by atoms with Crippen molar-refractivity contribution in [3.05, 3.63) is 65.7 Å². The number of methoxy groups -OCH3 is 1. The third-order valence-corrected chi connectivity index (χ3v) is 3.20. The first kappa shape index (κ1) is 20.2. The van der Waals surface area contributed by atoms with Crippen LogP contribution in [0.3, 0.4) is 0 Å². The smallest absolute Gasteiger partial charge is 0.261 e. The summed E-state index contributed by atoms with van der Waals surface area (Å²) in [6.45, 7) is 3.13. The van der Waals surface area contributed by atoms with Crippen molar-refractivity contribution in [2.45, 2.75) is 25.9 Å². The Hall–Kier alpha value is -1.89. The molecule has 0 spiro atoms. The summed E-state index contributed by atoms with van der Waals surface area (Å²) in [5.74, 6) is 0.911. The summed E-state index contributed by atoms with van der Waals surface area (Å²) in [5.41, 5.74) is 2.65. The Kier molecular flexibility index (Phi) is 8.46. The Morgan fingerprint density at radius 2 is 1.58 bits per heavy atom. The quantitative estimate of drug-likeness (QED) is 0.783. The molecule has 0 fully saturated rings. The second kappa shape index (κ2) is 10.1. The molecular weight excluding hydrogens is 326 g/mol. The Bertz CT molecular complexity index is 677. The Morgan fingerprint density at radius 1 is 1.04 bits per heavy atom. The molecule has 6 heteroatoms. The molecule has 0 heterocycles. The van der Waals surface area contributed by atoms with Crippen molar-refractivity contribution in [3.8, 4) is 5.75 Å². The lowest BCUT2D eigenvalue weighted by Crippen LogP contribution is -2.27. The van der Waals surface area contributed by atoms with E-state index in [1.54, 1.807) is 7.11 Å². The SMILES string of the molecule is COc1ccc(C[C@H](C)NCc2ccccc2)cc1.CS(=O)(=O)O. The minimum atomic E-state index is -3.67. The van der Waals surface area contributed by atoms with Gasteiger partial charge in [0.1, 0.15) is 5.75 Å². The van der Waals surface area contributed by atoms with Crippen molar-refractivity contribution in [2.75, 3.05) is 13.4 Å². The van der Waals surface area contributed by atoms with Gasteiger partial charge in [-0.2, -0.15) is 8.42 Å². The van der Waals surface area contributed by atoms with Gasteiger partial charge in [-0.05, 0) is 36.6 Å². The molecule has 0 aliphatic carbocycles. The van der Waals surface area contributed by atoms with Gasteiger partial charge in [-0.15, -0.1) is 0 Å². The molecule has 0 radical (unpaired) electrons. The topological polar surface area (TPSA) is 75.6 Å². The van der Waals surface area contributed by atoms with Gasteiger partial charge in [0.25, 0.3) is 10.1 Å². The molecule has 2 aromatic rings. The molecule has 24 heavy (non-hydrogen) atoms. The van der Waals surface area contributed by atoms with Gasteiger partial charge >= 0.3 is 0 Å². The predicted molar refractivity (Wildman–Crippen MR) is 96.9 cm³/mol. The highest BCUT2D eigenvalue weighted by molar-refractivity contribution is 7.85. The first-order valence-electron chi connectivity index (χ1n) is 7.60. The van der Waals surface area contributed by atoms with E-state index in [-0.39, 0.29) is 0 Å². The molecule has 2 rings (SSSR count). The highest BCUT2D eigenvalue weighted by Gasteiger charge is 2.03. The van der Waals surface area contributed by atoms with E-state index in [0.29, 0.717) is 12.3 Å². The molecule has 0 saturated heterocycles. The number of hydrogen-bond donors (Lipinski definition) is 2. The van der Waals surface area contributed by atoms with E-state index in [0.717, 1.165) is 18.7 Å². The highest BCUT2D eigenvalue weighted by Crippen LogP contribution is 2.12. The van der Waals surface area contributed by atoms with Gasteiger partial charge in [-0.1, -0.05) is 42.5 Å². The van der Waals surface area contributed by atoms with E-state index in [1.165, 1.54) is 11.1 Å². The van der Waals surface area contributed by atoms with Crippen molar-refractivity contribution < 1.29 is 17.7 Å². The van der Waals surface area contributed by atoms with E-state index in [1.807, 2.05) is 18.2 Å². The summed E-state index contributed by atoms with van der Waals surface area (Å²) in [4.78, 5) is 0. The molecule has 0 saturated carbocycles. The molecule has 0 aromatic heterocycles.